The van der Waals surface area contributed by atoms with Crippen molar-refractivity contribution in [1.82, 2.24) is 9.21 Å². The van der Waals surface area contributed by atoms with Crippen molar-refractivity contribution < 1.29 is 22.7 Å². The molecule has 1 saturated carbocycles. The number of hydrogen-bond donors (Lipinski definition) is 0. The monoisotopic (exact) mass is 450 g/mol. The molecule has 31 heavy (non-hydrogen) atoms. The highest BCUT2D eigenvalue weighted by Gasteiger charge is 2.34. The van der Waals surface area contributed by atoms with Crippen LogP contribution >= 0.6 is 0 Å². The highest BCUT2D eigenvalue weighted by Crippen LogP contribution is 2.34. The lowest BCUT2D eigenvalue weighted by molar-refractivity contribution is -0.136. The van der Waals surface area contributed by atoms with Crippen LogP contribution in [0, 0.1) is 11.8 Å². The highest BCUT2D eigenvalue weighted by molar-refractivity contribution is 7.89. The van der Waals surface area contributed by atoms with Crippen molar-refractivity contribution in [3.8, 4) is 11.5 Å². The molecule has 0 atom stereocenters. The number of piperidine rings is 1. The van der Waals surface area contributed by atoms with E-state index in [-0.39, 0.29) is 16.7 Å². The molecule has 0 N–H and O–H groups in total. The summed E-state index contributed by atoms with van der Waals surface area (Å²) in [6, 6.07) is 4.81. The van der Waals surface area contributed by atoms with Crippen molar-refractivity contribution >= 4 is 15.9 Å². The molecular weight excluding hydrogens is 416 g/mol. The van der Waals surface area contributed by atoms with Gasteiger partial charge in [-0.3, -0.25) is 4.79 Å². The summed E-state index contributed by atoms with van der Waals surface area (Å²) in [7, 11) is -1.73. The van der Waals surface area contributed by atoms with Crippen LogP contribution in [0.1, 0.15) is 51.4 Å². The molecule has 0 unspecified atom stereocenters. The molecule has 1 amide bonds. The maximum absolute atomic E-state index is 13.2. The summed E-state index contributed by atoms with van der Waals surface area (Å²) in [5.41, 5.74) is 0. The summed E-state index contributed by atoms with van der Waals surface area (Å²) < 4.78 is 39.1. The van der Waals surface area contributed by atoms with E-state index in [2.05, 4.69) is 0 Å². The van der Waals surface area contributed by atoms with Crippen LogP contribution in [0.4, 0.5) is 0 Å². The van der Waals surface area contributed by atoms with E-state index < -0.39 is 10.0 Å². The van der Waals surface area contributed by atoms with Gasteiger partial charge in [0.15, 0.2) is 11.5 Å². The van der Waals surface area contributed by atoms with Crippen molar-refractivity contribution in [3.05, 3.63) is 18.2 Å². The first-order valence-corrected chi connectivity index (χ1v) is 13.0. The molecule has 0 spiro atoms. The van der Waals surface area contributed by atoms with E-state index >= 15 is 0 Å². The average molecular weight is 451 g/mol. The number of hydrogen-bond acceptors (Lipinski definition) is 5. The third kappa shape index (κ3) is 5.17. The Bertz CT molecular complexity index is 874. The number of rotatable bonds is 5. The summed E-state index contributed by atoms with van der Waals surface area (Å²) in [5.74, 6) is 1.75. The SMILES string of the molecule is CN(CC1CCCCC1)C(=O)C1CCN(S(=O)(=O)c2ccc3c(c2)OCCCO3)CC1. The van der Waals surface area contributed by atoms with Crippen LogP contribution in [-0.4, -0.2) is 63.4 Å². The minimum atomic E-state index is -3.63. The Morgan fingerprint density at radius 2 is 1.68 bits per heavy atom. The van der Waals surface area contributed by atoms with Gasteiger partial charge in [-0.2, -0.15) is 4.31 Å². The van der Waals surface area contributed by atoms with Crippen LogP contribution in [-0.2, 0) is 14.8 Å². The van der Waals surface area contributed by atoms with Gasteiger partial charge >= 0.3 is 0 Å². The number of sulfonamides is 1. The third-order valence-electron chi connectivity index (χ3n) is 6.79. The van der Waals surface area contributed by atoms with E-state index in [1.165, 1.54) is 36.4 Å². The van der Waals surface area contributed by atoms with E-state index in [1.54, 1.807) is 18.2 Å². The lowest BCUT2D eigenvalue weighted by atomic mass is 9.88. The summed E-state index contributed by atoms with van der Waals surface area (Å²) in [5, 5.41) is 0. The highest BCUT2D eigenvalue weighted by atomic mass is 32.2. The zero-order chi connectivity index (χ0) is 21.8. The van der Waals surface area contributed by atoms with Gasteiger partial charge in [0, 0.05) is 45.1 Å². The summed E-state index contributed by atoms with van der Waals surface area (Å²) in [4.78, 5) is 15.0. The topological polar surface area (TPSA) is 76.2 Å². The normalized spacial score (nSPS) is 21.5. The molecule has 3 aliphatic rings. The Labute approximate surface area is 185 Å². The number of ether oxygens (including phenoxy) is 2. The van der Waals surface area contributed by atoms with Crippen molar-refractivity contribution in [2.45, 2.75) is 56.3 Å². The van der Waals surface area contributed by atoms with Gasteiger partial charge in [-0.05, 0) is 43.7 Å². The van der Waals surface area contributed by atoms with Crippen LogP contribution in [0.3, 0.4) is 0 Å². The lowest BCUT2D eigenvalue weighted by Gasteiger charge is -2.34. The van der Waals surface area contributed by atoms with Gasteiger partial charge in [0.05, 0.1) is 18.1 Å². The second-order valence-electron chi connectivity index (χ2n) is 9.06. The minimum absolute atomic E-state index is 0.0937. The maximum atomic E-state index is 13.2. The number of benzene rings is 1. The molecule has 0 bridgehead atoms. The zero-order valence-corrected chi connectivity index (χ0v) is 19.2. The summed E-state index contributed by atoms with van der Waals surface area (Å²) in [6.07, 6.45) is 8.17. The second-order valence-corrected chi connectivity index (χ2v) is 11.0. The van der Waals surface area contributed by atoms with Crippen molar-refractivity contribution in [3.63, 3.8) is 0 Å². The fourth-order valence-corrected chi connectivity index (χ4v) is 6.44. The number of carbonyl (C=O) groups excluding carboxylic acids is 1. The smallest absolute Gasteiger partial charge is 0.243 e. The third-order valence-corrected chi connectivity index (χ3v) is 8.69. The molecule has 1 aliphatic carbocycles. The van der Waals surface area contributed by atoms with Crippen molar-refractivity contribution in [1.29, 1.82) is 0 Å². The molecule has 7 nitrogen and oxygen atoms in total. The molecule has 2 aliphatic heterocycles. The first-order valence-electron chi connectivity index (χ1n) is 11.6. The predicted octanol–water partition coefficient (Wildman–Crippen LogP) is 3.29. The molecule has 2 heterocycles. The van der Waals surface area contributed by atoms with Crippen LogP contribution in [0.25, 0.3) is 0 Å². The quantitative estimate of drug-likeness (QED) is 0.688. The molecule has 4 rings (SSSR count). The van der Waals surface area contributed by atoms with Crippen molar-refractivity contribution in [2.75, 3.05) is 39.9 Å². The van der Waals surface area contributed by atoms with E-state index in [4.69, 9.17) is 9.47 Å². The first-order chi connectivity index (χ1) is 14.9. The fourth-order valence-electron chi connectivity index (χ4n) is 4.95. The van der Waals surface area contributed by atoms with Crippen molar-refractivity contribution in [2.24, 2.45) is 11.8 Å². The maximum Gasteiger partial charge on any atom is 0.243 e. The Kier molecular flexibility index (Phi) is 7.06. The molecule has 172 valence electrons. The number of nitrogens with zero attached hydrogens (tertiary/aromatic N) is 2. The molecule has 1 saturated heterocycles. The van der Waals surface area contributed by atoms with E-state index in [0.717, 1.165) is 13.0 Å². The van der Waals surface area contributed by atoms with Gasteiger partial charge < -0.3 is 14.4 Å². The van der Waals surface area contributed by atoms with Gasteiger partial charge in [0.25, 0.3) is 0 Å². The van der Waals surface area contributed by atoms with Gasteiger partial charge in [0.2, 0.25) is 15.9 Å². The predicted molar refractivity (Wildman–Crippen MR) is 118 cm³/mol. The van der Waals surface area contributed by atoms with Gasteiger partial charge in [-0.25, -0.2) is 8.42 Å². The molecular formula is C23H34N2O5S. The molecule has 8 heteroatoms. The van der Waals surface area contributed by atoms with Crippen LogP contribution in [0.2, 0.25) is 0 Å². The lowest BCUT2D eigenvalue weighted by Crippen LogP contribution is -2.44. The number of carbonyl (C=O) groups is 1. The van der Waals surface area contributed by atoms with E-state index in [1.807, 2.05) is 11.9 Å². The molecule has 1 aromatic carbocycles. The summed E-state index contributed by atoms with van der Waals surface area (Å²) >= 11 is 0. The molecule has 1 aromatic rings. The Morgan fingerprint density at radius 3 is 2.39 bits per heavy atom. The Balaban J connectivity index is 1.35. The molecule has 0 aromatic heterocycles. The zero-order valence-electron chi connectivity index (χ0n) is 18.4. The number of amides is 1. The van der Waals surface area contributed by atoms with Gasteiger partial charge in [-0.1, -0.05) is 19.3 Å². The minimum Gasteiger partial charge on any atom is -0.490 e. The Morgan fingerprint density at radius 1 is 1.00 bits per heavy atom. The van der Waals surface area contributed by atoms with Gasteiger partial charge in [-0.15, -0.1) is 0 Å². The van der Waals surface area contributed by atoms with E-state index in [0.29, 0.717) is 56.6 Å². The van der Waals surface area contributed by atoms with Gasteiger partial charge in [0.1, 0.15) is 0 Å². The molecule has 0 radical (unpaired) electrons. The van der Waals surface area contributed by atoms with Crippen LogP contribution in [0.5, 0.6) is 11.5 Å². The molecule has 2 fully saturated rings. The largest absolute Gasteiger partial charge is 0.490 e. The first kappa shape index (κ1) is 22.4. The average Bonchev–Trinajstić information content (AvgIpc) is 3.04. The standard InChI is InChI=1S/C23H34N2O5S/c1-24(17-18-6-3-2-4-7-18)23(26)19-10-12-25(13-11-19)31(27,28)20-8-9-21-22(16-20)30-15-5-14-29-21/h8-9,16,18-19H,2-7,10-15,17H2,1H3. The van der Waals surface area contributed by atoms with Crippen LogP contribution < -0.4 is 9.47 Å². The fraction of sp³-hybridized carbons (Fsp3) is 0.696. The van der Waals surface area contributed by atoms with Crippen LogP contribution in [0.15, 0.2) is 23.1 Å². The Hall–Kier alpha value is -1.80. The number of fused-ring (bicyclic) bond motifs is 1. The van der Waals surface area contributed by atoms with E-state index in [9.17, 15) is 13.2 Å². The second kappa shape index (κ2) is 9.77. The summed E-state index contributed by atoms with van der Waals surface area (Å²) in [6.45, 7) is 2.64.